The van der Waals surface area contributed by atoms with Crippen molar-refractivity contribution in [1.29, 1.82) is 0 Å². The molecule has 9 heteroatoms. The minimum atomic E-state index is -3.81. The molecule has 0 aliphatic rings. The summed E-state index contributed by atoms with van der Waals surface area (Å²) < 4.78 is 37.5. The van der Waals surface area contributed by atoms with Crippen LogP contribution in [0.1, 0.15) is 18.4 Å². The summed E-state index contributed by atoms with van der Waals surface area (Å²) in [4.78, 5) is 0.0167. The van der Waals surface area contributed by atoms with Crippen molar-refractivity contribution in [2.24, 2.45) is 0 Å². The Labute approximate surface area is 133 Å². The molecule has 7 nitrogen and oxygen atoms in total. The van der Waals surface area contributed by atoms with Gasteiger partial charge in [0.2, 0.25) is 5.13 Å². The average Bonchev–Trinajstić information content (AvgIpc) is 2.93. The quantitative estimate of drug-likeness (QED) is 0.829. The number of methoxy groups -OCH3 is 2. The van der Waals surface area contributed by atoms with Gasteiger partial charge in [0.05, 0.1) is 14.2 Å². The van der Waals surface area contributed by atoms with Gasteiger partial charge in [-0.2, -0.15) is 0 Å². The molecule has 1 aromatic heterocycles. The van der Waals surface area contributed by atoms with Gasteiger partial charge in [0, 0.05) is 12.5 Å². The lowest BCUT2D eigenvalue weighted by atomic mass is 10.3. The first-order valence-corrected chi connectivity index (χ1v) is 8.87. The van der Waals surface area contributed by atoms with Gasteiger partial charge in [-0.05, 0) is 18.6 Å². The number of rotatable bonds is 7. The van der Waals surface area contributed by atoms with Crippen LogP contribution in [0, 0.1) is 0 Å². The van der Waals surface area contributed by atoms with Crippen LogP contribution in [0.5, 0.6) is 11.5 Å². The molecule has 0 saturated carbocycles. The van der Waals surface area contributed by atoms with Gasteiger partial charge in [0.15, 0.2) is 0 Å². The minimum absolute atomic E-state index is 0.0167. The first-order valence-electron chi connectivity index (χ1n) is 6.57. The maximum atomic E-state index is 12.5. The monoisotopic (exact) mass is 343 g/mol. The normalized spacial score (nSPS) is 11.2. The van der Waals surface area contributed by atoms with Crippen molar-refractivity contribution >= 4 is 26.5 Å². The third-order valence-corrected chi connectivity index (χ3v) is 5.22. The highest BCUT2D eigenvalue weighted by Crippen LogP contribution is 2.30. The summed E-state index contributed by atoms with van der Waals surface area (Å²) in [5.41, 5.74) is 0. The van der Waals surface area contributed by atoms with Crippen LogP contribution in [-0.2, 0) is 16.4 Å². The molecule has 2 rings (SSSR count). The van der Waals surface area contributed by atoms with Gasteiger partial charge >= 0.3 is 0 Å². The van der Waals surface area contributed by atoms with E-state index in [2.05, 4.69) is 14.9 Å². The summed E-state index contributed by atoms with van der Waals surface area (Å²) in [5.74, 6) is 0.710. The first-order chi connectivity index (χ1) is 10.5. The van der Waals surface area contributed by atoms with E-state index in [-0.39, 0.29) is 15.8 Å². The molecule has 0 fully saturated rings. The number of aromatic nitrogens is 2. The van der Waals surface area contributed by atoms with Gasteiger partial charge < -0.3 is 9.47 Å². The zero-order valence-corrected chi connectivity index (χ0v) is 14.1. The van der Waals surface area contributed by atoms with Crippen LogP contribution in [0.4, 0.5) is 5.13 Å². The van der Waals surface area contributed by atoms with Crippen LogP contribution >= 0.6 is 11.3 Å². The largest absolute Gasteiger partial charge is 0.497 e. The molecule has 2 aromatic rings. The zero-order chi connectivity index (χ0) is 16.2. The Morgan fingerprint density at radius 2 is 2.00 bits per heavy atom. The predicted octanol–water partition coefficient (Wildman–Crippen LogP) is 2.31. The number of nitrogens with one attached hydrogen (secondary N) is 1. The Bertz CT molecular complexity index is 743. The fourth-order valence-corrected chi connectivity index (χ4v) is 4.00. The molecule has 1 aromatic carbocycles. The highest BCUT2D eigenvalue weighted by Gasteiger charge is 2.22. The van der Waals surface area contributed by atoms with Crippen molar-refractivity contribution < 1.29 is 17.9 Å². The van der Waals surface area contributed by atoms with E-state index in [4.69, 9.17) is 9.47 Å². The van der Waals surface area contributed by atoms with E-state index >= 15 is 0 Å². The molecular weight excluding hydrogens is 326 g/mol. The van der Waals surface area contributed by atoms with Crippen LogP contribution in [0.2, 0.25) is 0 Å². The van der Waals surface area contributed by atoms with Gasteiger partial charge in [-0.3, -0.25) is 4.72 Å². The van der Waals surface area contributed by atoms with Crippen LogP contribution in [0.3, 0.4) is 0 Å². The number of sulfonamides is 1. The molecule has 0 spiro atoms. The number of ether oxygens (including phenoxy) is 2. The second-order valence-electron chi connectivity index (χ2n) is 4.37. The Morgan fingerprint density at radius 3 is 2.64 bits per heavy atom. The number of anilines is 1. The summed E-state index contributed by atoms with van der Waals surface area (Å²) in [5, 5.41) is 8.82. The fraction of sp³-hybridized carbons (Fsp3) is 0.385. The molecule has 1 heterocycles. The molecule has 0 unspecified atom stereocenters. The summed E-state index contributed by atoms with van der Waals surface area (Å²) in [6.07, 6.45) is 1.69. The second kappa shape index (κ2) is 6.93. The van der Waals surface area contributed by atoms with E-state index in [0.29, 0.717) is 5.75 Å². The van der Waals surface area contributed by atoms with E-state index in [9.17, 15) is 8.42 Å². The molecule has 0 bridgehead atoms. The molecule has 0 saturated heterocycles. The minimum Gasteiger partial charge on any atom is -0.497 e. The standard InChI is InChI=1S/C13H17N3O4S2/c1-4-5-12-14-15-13(21-12)16-22(17,18)11-7-6-9(19-2)8-10(11)20-3/h6-8H,4-5H2,1-3H3,(H,15,16). The second-order valence-corrected chi connectivity index (χ2v) is 7.09. The third-order valence-electron chi connectivity index (χ3n) is 2.81. The van der Waals surface area contributed by atoms with Crippen LogP contribution < -0.4 is 14.2 Å². The molecule has 1 N–H and O–H groups in total. The third kappa shape index (κ3) is 3.66. The van der Waals surface area contributed by atoms with E-state index in [0.717, 1.165) is 17.8 Å². The number of hydrogen-bond acceptors (Lipinski definition) is 7. The number of hydrogen-bond donors (Lipinski definition) is 1. The topological polar surface area (TPSA) is 90.4 Å². The number of nitrogens with zero attached hydrogens (tertiary/aromatic N) is 2. The fourth-order valence-electron chi connectivity index (χ4n) is 1.78. The van der Waals surface area contributed by atoms with Crippen LogP contribution in [0.15, 0.2) is 23.1 Å². The summed E-state index contributed by atoms with van der Waals surface area (Å²) in [6, 6.07) is 4.49. The molecule has 0 radical (unpaired) electrons. The molecule has 0 aliphatic heterocycles. The number of benzene rings is 1. The lowest BCUT2D eigenvalue weighted by molar-refractivity contribution is 0.386. The summed E-state index contributed by atoms with van der Waals surface area (Å²) in [6.45, 7) is 2.02. The van der Waals surface area contributed by atoms with Crippen molar-refractivity contribution in [3.05, 3.63) is 23.2 Å². The highest BCUT2D eigenvalue weighted by atomic mass is 32.2. The molecule has 0 amide bonds. The Kier molecular flexibility index (Phi) is 5.19. The van der Waals surface area contributed by atoms with Crippen LogP contribution in [0.25, 0.3) is 0 Å². The van der Waals surface area contributed by atoms with Gasteiger partial charge in [0.25, 0.3) is 10.0 Å². The lowest BCUT2D eigenvalue weighted by Gasteiger charge is -2.11. The first kappa shape index (κ1) is 16.5. The van der Waals surface area contributed by atoms with E-state index in [1.54, 1.807) is 6.07 Å². The van der Waals surface area contributed by atoms with E-state index in [1.807, 2.05) is 6.92 Å². The maximum absolute atomic E-state index is 12.5. The Hall–Kier alpha value is -1.87. The smallest absolute Gasteiger partial charge is 0.267 e. The Morgan fingerprint density at radius 1 is 1.23 bits per heavy atom. The van der Waals surface area contributed by atoms with Gasteiger partial charge in [-0.25, -0.2) is 8.42 Å². The molecule has 0 atom stereocenters. The van der Waals surface area contributed by atoms with Crippen molar-refractivity contribution in [3.63, 3.8) is 0 Å². The zero-order valence-electron chi connectivity index (χ0n) is 12.5. The van der Waals surface area contributed by atoms with Gasteiger partial charge in [0.1, 0.15) is 21.4 Å². The van der Waals surface area contributed by atoms with Crippen molar-refractivity contribution in [2.75, 3.05) is 18.9 Å². The van der Waals surface area contributed by atoms with E-state index < -0.39 is 10.0 Å². The SMILES string of the molecule is CCCc1nnc(NS(=O)(=O)c2ccc(OC)cc2OC)s1. The van der Waals surface area contributed by atoms with Crippen LogP contribution in [-0.4, -0.2) is 32.8 Å². The van der Waals surface area contributed by atoms with Gasteiger partial charge in [-0.1, -0.05) is 18.3 Å². The van der Waals surface area contributed by atoms with Gasteiger partial charge in [-0.15, -0.1) is 10.2 Å². The maximum Gasteiger partial charge on any atom is 0.267 e. The highest BCUT2D eigenvalue weighted by molar-refractivity contribution is 7.93. The van der Waals surface area contributed by atoms with Crippen molar-refractivity contribution in [3.8, 4) is 11.5 Å². The number of aryl methyl sites for hydroxylation is 1. The molecule has 120 valence electrons. The van der Waals surface area contributed by atoms with Crippen molar-refractivity contribution in [1.82, 2.24) is 10.2 Å². The molecule has 0 aliphatic carbocycles. The lowest BCUT2D eigenvalue weighted by Crippen LogP contribution is -2.14. The Balaban J connectivity index is 2.29. The molecular formula is C13H17N3O4S2. The predicted molar refractivity (Wildman–Crippen MR) is 84.3 cm³/mol. The summed E-state index contributed by atoms with van der Waals surface area (Å²) >= 11 is 1.22. The summed E-state index contributed by atoms with van der Waals surface area (Å²) in [7, 11) is -0.907. The van der Waals surface area contributed by atoms with Crippen molar-refractivity contribution in [2.45, 2.75) is 24.7 Å². The average molecular weight is 343 g/mol. The van der Waals surface area contributed by atoms with E-state index in [1.165, 1.54) is 37.7 Å². The molecule has 22 heavy (non-hydrogen) atoms.